The number of aryl methyl sites for hydroxylation is 2. The van der Waals surface area contributed by atoms with Crippen molar-refractivity contribution in [3.05, 3.63) is 99.8 Å². The third kappa shape index (κ3) is 3.09. The summed E-state index contributed by atoms with van der Waals surface area (Å²) in [7, 11) is 1.68. The van der Waals surface area contributed by atoms with E-state index >= 15 is 0 Å². The topological polar surface area (TPSA) is 31.2 Å². The average molecular weight is 369 g/mol. The molecule has 4 aromatic rings. The Morgan fingerprint density at radius 3 is 2.18 bits per heavy atom. The van der Waals surface area contributed by atoms with Gasteiger partial charge in [-0.25, -0.2) is 0 Å². The van der Waals surface area contributed by atoms with Gasteiger partial charge in [0.15, 0.2) is 0 Å². The third-order valence-corrected chi connectivity index (χ3v) is 5.19. The molecule has 0 radical (unpaired) electrons. The molecule has 0 unspecified atom stereocenters. The lowest BCUT2D eigenvalue weighted by molar-refractivity contribution is 0.419. The molecule has 3 heteroatoms. The molecule has 0 atom stereocenters. The first kappa shape index (κ1) is 18.1. The van der Waals surface area contributed by atoms with Gasteiger partial charge in [-0.1, -0.05) is 60.7 Å². The molecule has 1 aromatic heterocycles. The molecule has 3 aromatic carbocycles. The van der Waals surface area contributed by atoms with Crippen molar-refractivity contribution in [1.82, 2.24) is 4.57 Å². The van der Waals surface area contributed by atoms with Crippen LogP contribution in [0.5, 0.6) is 5.75 Å². The van der Waals surface area contributed by atoms with Crippen LogP contribution >= 0.6 is 0 Å². The maximum absolute atomic E-state index is 13.6. The SMILES string of the molecule is COc1cc(C)cc2c1c(C)c(-c1ccccc1)c(=O)n2Cc1ccccc1. The van der Waals surface area contributed by atoms with Crippen LogP contribution in [0, 0.1) is 13.8 Å². The van der Waals surface area contributed by atoms with Gasteiger partial charge in [0.2, 0.25) is 0 Å². The van der Waals surface area contributed by atoms with Crippen LogP contribution in [0.1, 0.15) is 16.7 Å². The second-order valence-corrected chi connectivity index (χ2v) is 7.10. The lowest BCUT2D eigenvalue weighted by Gasteiger charge is -2.19. The number of hydrogen-bond donors (Lipinski definition) is 0. The van der Waals surface area contributed by atoms with Crippen molar-refractivity contribution >= 4 is 10.9 Å². The van der Waals surface area contributed by atoms with Crippen molar-refractivity contribution < 1.29 is 4.74 Å². The highest BCUT2D eigenvalue weighted by molar-refractivity contribution is 5.94. The van der Waals surface area contributed by atoms with E-state index in [1.165, 1.54) is 0 Å². The molecule has 0 fully saturated rings. The molecule has 0 aliphatic rings. The summed E-state index contributed by atoms with van der Waals surface area (Å²) in [4.78, 5) is 13.6. The fourth-order valence-electron chi connectivity index (χ4n) is 3.88. The van der Waals surface area contributed by atoms with Crippen LogP contribution in [0.15, 0.2) is 77.6 Å². The van der Waals surface area contributed by atoms with Gasteiger partial charge in [-0.2, -0.15) is 0 Å². The third-order valence-electron chi connectivity index (χ3n) is 5.19. The molecule has 0 saturated carbocycles. The van der Waals surface area contributed by atoms with E-state index in [4.69, 9.17) is 4.74 Å². The van der Waals surface area contributed by atoms with Gasteiger partial charge >= 0.3 is 0 Å². The Morgan fingerprint density at radius 1 is 0.893 bits per heavy atom. The molecule has 0 bridgehead atoms. The number of pyridine rings is 1. The monoisotopic (exact) mass is 369 g/mol. The van der Waals surface area contributed by atoms with Crippen LogP contribution in [0.3, 0.4) is 0 Å². The highest BCUT2D eigenvalue weighted by Gasteiger charge is 2.19. The molecular formula is C25H23NO2. The number of fused-ring (bicyclic) bond motifs is 1. The summed E-state index contributed by atoms with van der Waals surface area (Å²) in [6.45, 7) is 4.55. The van der Waals surface area contributed by atoms with Gasteiger partial charge in [-0.15, -0.1) is 0 Å². The van der Waals surface area contributed by atoms with Crippen LogP contribution < -0.4 is 10.3 Å². The van der Waals surface area contributed by atoms with Crippen molar-refractivity contribution in [3.8, 4) is 16.9 Å². The summed E-state index contributed by atoms with van der Waals surface area (Å²) in [5.74, 6) is 0.798. The number of nitrogens with zero attached hydrogens (tertiary/aromatic N) is 1. The van der Waals surface area contributed by atoms with E-state index in [9.17, 15) is 4.79 Å². The lowest BCUT2D eigenvalue weighted by Crippen LogP contribution is -2.24. The summed E-state index contributed by atoms with van der Waals surface area (Å²) in [6.07, 6.45) is 0. The highest BCUT2D eigenvalue weighted by Crippen LogP contribution is 2.34. The molecule has 0 amide bonds. The van der Waals surface area contributed by atoms with Gasteiger partial charge in [0.1, 0.15) is 5.75 Å². The fourth-order valence-corrected chi connectivity index (χ4v) is 3.88. The zero-order valence-electron chi connectivity index (χ0n) is 16.4. The number of methoxy groups -OCH3 is 1. The molecular weight excluding hydrogens is 346 g/mol. The Labute approximate surface area is 164 Å². The quantitative estimate of drug-likeness (QED) is 0.486. The van der Waals surface area contributed by atoms with Crippen molar-refractivity contribution in [1.29, 1.82) is 0 Å². The van der Waals surface area contributed by atoms with E-state index in [-0.39, 0.29) is 5.56 Å². The first-order chi connectivity index (χ1) is 13.6. The molecule has 3 nitrogen and oxygen atoms in total. The normalized spacial score (nSPS) is 11.0. The molecule has 0 saturated heterocycles. The van der Waals surface area contributed by atoms with E-state index in [1.807, 2.05) is 85.1 Å². The van der Waals surface area contributed by atoms with Gasteiger partial charge in [0, 0.05) is 5.39 Å². The number of rotatable bonds is 4. The first-order valence-corrected chi connectivity index (χ1v) is 9.41. The number of benzene rings is 3. The molecule has 28 heavy (non-hydrogen) atoms. The molecule has 0 spiro atoms. The van der Waals surface area contributed by atoms with Crippen LogP contribution in [0.2, 0.25) is 0 Å². The van der Waals surface area contributed by atoms with Gasteiger partial charge in [-0.3, -0.25) is 4.79 Å². The van der Waals surface area contributed by atoms with Gasteiger partial charge < -0.3 is 9.30 Å². The van der Waals surface area contributed by atoms with Crippen molar-refractivity contribution in [3.63, 3.8) is 0 Å². The van der Waals surface area contributed by atoms with E-state index in [1.54, 1.807) is 7.11 Å². The molecule has 4 rings (SSSR count). The maximum atomic E-state index is 13.6. The second-order valence-electron chi connectivity index (χ2n) is 7.10. The van der Waals surface area contributed by atoms with E-state index in [2.05, 4.69) is 6.07 Å². The summed E-state index contributed by atoms with van der Waals surface area (Å²) in [6, 6.07) is 24.1. The van der Waals surface area contributed by atoms with Crippen LogP contribution in [-0.2, 0) is 6.54 Å². The standard InChI is InChI=1S/C25H23NO2/c1-17-14-21-24(22(15-17)28-3)18(2)23(20-12-8-5-9-13-20)25(27)26(21)16-19-10-6-4-7-11-19/h4-15H,16H2,1-3H3. The molecule has 140 valence electrons. The fraction of sp³-hybridized carbons (Fsp3) is 0.160. The van der Waals surface area contributed by atoms with Crippen LogP contribution in [0.25, 0.3) is 22.0 Å². The summed E-state index contributed by atoms with van der Waals surface area (Å²) >= 11 is 0. The van der Waals surface area contributed by atoms with Crippen LogP contribution in [-0.4, -0.2) is 11.7 Å². The predicted molar refractivity (Wildman–Crippen MR) is 115 cm³/mol. The Morgan fingerprint density at radius 2 is 1.54 bits per heavy atom. The smallest absolute Gasteiger partial charge is 0.259 e. The van der Waals surface area contributed by atoms with E-state index in [0.717, 1.165) is 44.5 Å². The number of ether oxygens (including phenoxy) is 1. The van der Waals surface area contributed by atoms with Crippen molar-refractivity contribution in [2.75, 3.05) is 7.11 Å². The molecule has 0 aliphatic heterocycles. The Bertz CT molecular complexity index is 1190. The largest absolute Gasteiger partial charge is 0.496 e. The van der Waals surface area contributed by atoms with Gasteiger partial charge in [0.25, 0.3) is 5.56 Å². The highest BCUT2D eigenvalue weighted by atomic mass is 16.5. The zero-order chi connectivity index (χ0) is 19.7. The Kier molecular flexibility index (Phi) is 4.74. The summed E-state index contributed by atoms with van der Waals surface area (Å²) < 4.78 is 7.58. The van der Waals surface area contributed by atoms with Crippen molar-refractivity contribution in [2.45, 2.75) is 20.4 Å². The first-order valence-electron chi connectivity index (χ1n) is 9.41. The Balaban J connectivity index is 2.11. The summed E-state index contributed by atoms with van der Waals surface area (Å²) in [5, 5.41) is 0.988. The molecule has 1 heterocycles. The average Bonchev–Trinajstić information content (AvgIpc) is 2.72. The predicted octanol–water partition coefficient (Wildman–Crippen LogP) is 5.34. The maximum Gasteiger partial charge on any atom is 0.259 e. The zero-order valence-corrected chi connectivity index (χ0v) is 16.4. The van der Waals surface area contributed by atoms with E-state index in [0.29, 0.717) is 6.54 Å². The van der Waals surface area contributed by atoms with Crippen molar-refractivity contribution in [2.24, 2.45) is 0 Å². The molecule has 0 N–H and O–H groups in total. The van der Waals surface area contributed by atoms with Gasteiger partial charge in [0.05, 0.1) is 24.7 Å². The minimum Gasteiger partial charge on any atom is -0.496 e. The van der Waals surface area contributed by atoms with Crippen LogP contribution in [0.4, 0.5) is 0 Å². The lowest BCUT2D eigenvalue weighted by atomic mass is 9.96. The second kappa shape index (κ2) is 7.35. The number of hydrogen-bond acceptors (Lipinski definition) is 2. The minimum atomic E-state index is 0.0210. The number of aromatic nitrogens is 1. The van der Waals surface area contributed by atoms with Gasteiger partial charge in [-0.05, 0) is 48.2 Å². The van der Waals surface area contributed by atoms with E-state index < -0.39 is 0 Å². The minimum absolute atomic E-state index is 0.0210. The summed E-state index contributed by atoms with van der Waals surface area (Å²) in [5.41, 5.74) is 5.69. The molecule has 0 aliphatic carbocycles. The Hall–Kier alpha value is -3.33.